The van der Waals surface area contributed by atoms with E-state index in [1.165, 1.54) is 36.8 Å². The zero-order valence-corrected chi connectivity index (χ0v) is 13.8. The van der Waals surface area contributed by atoms with Gasteiger partial charge in [-0.2, -0.15) is 0 Å². The number of halogens is 1. The highest BCUT2D eigenvalue weighted by molar-refractivity contribution is 6.30. The second-order valence-corrected chi connectivity index (χ2v) is 6.49. The molecule has 0 radical (unpaired) electrons. The van der Waals surface area contributed by atoms with Gasteiger partial charge in [0.1, 0.15) is 0 Å². The Balaban J connectivity index is 1.78. The summed E-state index contributed by atoms with van der Waals surface area (Å²) in [6, 6.07) is 14.7. The van der Waals surface area contributed by atoms with Crippen LogP contribution < -0.4 is 0 Å². The van der Waals surface area contributed by atoms with E-state index in [4.69, 9.17) is 11.6 Å². The molecule has 1 heteroatoms. The zero-order valence-electron chi connectivity index (χ0n) is 13.0. The number of hydrogen-bond donors (Lipinski definition) is 0. The first-order chi connectivity index (χ1) is 10.8. The molecule has 0 aromatic heterocycles. The molecule has 0 N–H and O–H groups in total. The Labute approximate surface area is 138 Å². The van der Waals surface area contributed by atoms with Crippen LogP contribution in [0.4, 0.5) is 0 Å². The second kappa shape index (κ2) is 7.03. The van der Waals surface area contributed by atoms with E-state index in [2.05, 4.69) is 55.2 Å². The SMILES string of the molecule is CCCCc1ccc(C#Cc2ccc(Cl)cc2C2CC2)cc1. The molecule has 0 bridgehead atoms. The largest absolute Gasteiger partial charge is 0.0843 e. The lowest BCUT2D eigenvalue weighted by molar-refractivity contribution is 0.795. The number of rotatable bonds is 4. The van der Waals surface area contributed by atoms with Gasteiger partial charge in [0.25, 0.3) is 0 Å². The van der Waals surface area contributed by atoms with E-state index < -0.39 is 0 Å². The third-order valence-corrected chi connectivity index (χ3v) is 4.38. The van der Waals surface area contributed by atoms with Crippen LogP contribution in [0.3, 0.4) is 0 Å². The first-order valence-electron chi connectivity index (χ1n) is 8.16. The highest BCUT2D eigenvalue weighted by atomic mass is 35.5. The Morgan fingerprint density at radius 1 is 1.05 bits per heavy atom. The maximum absolute atomic E-state index is 6.12. The van der Waals surface area contributed by atoms with Gasteiger partial charge < -0.3 is 0 Å². The fourth-order valence-corrected chi connectivity index (χ4v) is 2.84. The van der Waals surface area contributed by atoms with Gasteiger partial charge in [0.15, 0.2) is 0 Å². The summed E-state index contributed by atoms with van der Waals surface area (Å²) >= 11 is 6.12. The molecule has 3 rings (SSSR count). The predicted octanol–water partition coefficient (Wildman–Crippen LogP) is 5.96. The molecule has 0 unspecified atom stereocenters. The second-order valence-electron chi connectivity index (χ2n) is 6.06. The van der Waals surface area contributed by atoms with E-state index in [1.54, 1.807) is 0 Å². The van der Waals surface area contributed by atoms with Crippen LogP contribution in [0.25, 0.3) is 0 Å². The van der Waals surface area contributed by atoms with Crippen molar-refractivity contribution in [2.45, 2.75) is 44.9 Å². The van der Waals surface area contributed by atoms with Crippen molar-refractivity contribution in [1.82, 2.24) is 0 Å². The standard InChI is InChI=1S/C21H21Cl/c1-2-3-4-16-5-7-17(8-6-16)9-10-18-13-14-20(22)15-21(18)19-11-12-19/h5-8,13-15,19H,2-4,11-12H2,1H3. The molecule has 0 spiro atoms. The fraction of sp³-hybridized carbons (Fsp3) is 0.333. The summed E-state index contributed by atoms with van der Waals surface area (Å²) in [4.78, 5) is 0. The summed E-state index contributed by atoms with van der Waals surface area (Å²) in [5, 5.41) is 0.813. The fourth-order valence-electron chi connectivity index (χ4n) is 2.65. The van der Waals surface area contributed by atoms with Crippen molar-refractivity contribution in [2.75, 3.05) is 0 Å². The van der Waals surface area contributed by atoms with Crippen LogP contribution in [0.15, 0.2) is 42.5 Å². The molecule has 1 fully saturated rings. The molecule has 0 nitrogen and oxygen atoms in total. The molecule has 1 saturated carbocycles. The Hall–Kier alpha value is -1.71. The summed E-state index contributed by atoms with van der Waals surface area (Å²) in [6.45, 7) is 2.23. The Morgan fingerprint density at radius 2 is 1.82 bits per heavy atom. The van der Waals surface area contributed by atoms with Crippen LogP contribution in [0, 0.1) is 11.8 Å². The highest BCUT2D eigenvalue weighted by Crippen LogP contribution is 2.42. The van der Waals surface area contributed by atoms with Gasteiger partial charge >= 0.3 is 0 Å². The molecule has 0 heterocycles. The summed E-state index contributed by atoms with van der Waals surface area (Å²) in [6.07, 6.45) is 6.18. The van der Waals surface area contributed by atoms with Gasteiger partial charge in [0.2, 0.25) is 0 Å². The Kier molecular flexibility index (Phi) is 4.86. The number of hydrogen-bond acceptors (Lipinski definition) is 0. The average molecular weight is 309 g/mol. The van der Waals surface area contributed by atoms with Crippen molar-refractivity contribution in [1.29, 1.82) is 0 Å². The predicted molar refractivity (Wildman–Crippen MR) is 94.5 cm³/mol. The van der Waals surface area contributed by atoms with Crippen LogP contribution in [0.2, 0.25) is 5.02 Å². The van der Waals surface area contributed by atoms with Crippen LogP contribution in [-0.2, 0) is 6.42 Å². The zero-order chi connectivity index (χ0) is 15.4. The van der Waals surface area contributed by atoms with Crippen molar-refractivity contribution in [3.63, 3.8) is 0 Å². The minimum atomic E-state index is 0.666. The quantitative estimate of drug-likeness (QED) is 0.611. The smallest absolute Gasteiger partial charge is 0.0409 e. The molecular weight excluding hydrogens is 288 g/mol. The third kappa shape index (κ3) is 3.93. The summed E-state index contributed by atoms with van der Waals surface area (Å²) in [5.74, 6) is 7.29. The molecule has 2 aromatic carbocycles. The van der Waals surface area contributed by atoms with Gasteiger partial charge in [-0.3, -0.25) is 0 Å². The van der Waals surface area contributed by atoms with Crippen LogP contribution >= 0.6 is 11.6 Å². The first kappa shape index (κ1) is 15.2. The van der Waals surface area contributed by atoms with Crippen molar-refractivity contribution >= 4 is 11.6 Å². The Bertz CT molecular complexity index is 697. The monoisotopic (exact) mass is 308 g/mol. The first-order valence-corrected chi connectivity index (χ1v) is 8.54. The lowest BCUT2D eigenvalue weighted by Crippen LogP contribution is -1.87. The summed E-state index contributed by atoms with van der Waals surface area (Å²) < 4.78 is 0. The minimum Gasteiger partial charge on any atom is -0.0843 e. The van der Waals surface area contributed by atoms with Gasteiger partial charge in [-0.25, -0.2) is 0 Å². The van der Waals surface area contributed by atoms with Crippen molar-refractivity contribution in [3.8, 4) is 11.8 Å². The summed E-state index contributed by atoms with van der Waals surface area (Å²) in [5.41, 5.74) is 4.93. The molecule has 0 amide bonds. The summed E-state index contributed by atoms with van der Waals surface area (Å²) in [7, 11) is 0. The number of benzene rings is 2. The van der Waals surface area contributed by atoms with E-state index in [0.717, 1.165) is 22.6 Å². The molecule has 2 aromatic rings. The molecule has 112 valence electrons. The molecular formula is C21H21Cl. The molecule has 0 atom stereocenters. The minimum absolute atomic E-state index is 0.666. The van der Waals surface area contributed by atoms with E-state index >= 15 is 0 Å². The van der Waals surface area contributed by atoms with E-state index in [9.17, 15) is 0 Å². The maximum Gasteiger partial charge on any atom is 0.0409 e. The molecule has 22 heavy (non-hydrogen) atoms. The highest BCUT2D eigenvalue weighted by Gasteiger charge is 2.25. The van der Waals surface area contributed by atoms with Gasteiger partial charge in [-0.1, -0.05) is 48.9 Å². The van der Waals surface area contributed by atoms with Crippen molar-refractivity contribution < 1.29 is 0 Å². The van der Waals surface area contributed by atoms with Gasteiger partial charge in [0.05, 0.1) is 0 Å². The van der Waals surface area contributed by atoms with Gasteiger partial charge in [0, 0.05) is 16.1 Å². The lowest BCUT2D eigenvalue weighted by Gasteiger charge is -2.03. The van der Waals surface area contributed by atoms with Gasteiger partial charge in [-0.05, 0) is 73.1 Å². The van der Waals surface area contributed by atoms with Crippen LogP contribution in [0.1, 0.15) is 60.8 Å². The molecule has 1 aliphatic rings. The van der Waals surface area contributed by atoms with E-state index in [-0.39, 0.29) is 0 Å². The van der Waals surface area contributed by atoms with Crippen LogP contribution in [-0.4, -0.2) is 0 Å². The normalized spacial score (nSPS) is 13.5. The average Bonchev–Trinajstić information content (AvgIpc) is 3.37. The van der Waals surface area contributed by atoms with Crippen molar-refractivity contribution in [2.24, 2.45) is 0 Å². The maximum atomic E-state index is 6.12. The Morgan fingerprint density at radius 3 is 2.50 bits per heavy atom. The van der Waals surface area contributed by atoms with E-state index in [1.807, 2.05) is 6.07 Å². The van der Waals surface area contributed by atoms with Crippen molar-refractivity contribution in [3.05, 3.63) is 69.7 Å². The van der Waals surface area contributed by atoms with E-state index in [0.29, 0.717) is 5.92 Å². The lowest BCUT2D eigenvalue weighted by atomic mass is 10.0. The molecule has 0 saturated heterocycles. The molecule has 1 aliphatic carbocycles. The number of aryl methyl sites for hydroxylation is 1. The van der Waals surface area contributed by atoms with Gasteiger partial charge in [-0.15, -0.1) is 0 Å². The topological polar surface area (TPSA) is 0 Å². The van der Waals surface area contributed by atoms with Crippen LogP contribution in [0.5, 0.6) is 0 Å². The molecule has 0 aliphatic heterocycles. The number of unbranched alkanes of at least 4 members (excludes halogenated alkanes) is 1. The third-order valence-electron chi connectivity index (χ3n) is 4.15.